The molecule has 0 fully saturated rings. The lowest BCUT2D eigenvalue weighted by Gasteiger charge is -2.07. The van der Waals surface area contributed by atoms with Gasteiger partial charge in [-0.15, -0.1) is 0 Å². The van der Waals surface area contributed by atoms with E-state index in [1.165, 1.54) is 6.26 Å². The van der Waals surface area contributed by atoms with Gasteiger partial charge >= 0.3 is 0 Å². The zero-order chi connectivity index (χ0) is 16.8. The number of anilines is 2. The normalized spacial score (nSPS) is 10.4. The molecule has 24 heavy (non-hydrogen) atoms. The maximum absolute atomic E-state index is 11.9. The van der Waals surface area contributed by atoms with E-state index in [1.807, 2.05) is 30.3 Å². The molecule has 6 heteroatoms. The van der Waals surface area contributed by atoms with Crippen LogP contribution in [0.3, 0.4) is 0 Å². The number of furan rings is 1. The van der Waals surface area contributed by atoms with E-state index in [4.69, 9.17) is 16.0 Å². The molecule has 0 radical (unpaired) electrons. The molecule has 1 amide bonds. The minimum absolute atomic E-state index is 0.263. The zero-order valence-electron chi connectivity index (χ0n) is 12.8. The molecule has 3 aromatic rings. The molecule has 2 N–H and O–H groups in total. The second-order valence-electron chi connectivity index (χ2n) is 5.17. The number of pyridine rings is 1. The van der Waals surface area contributed by atoms with Crippen molar-refractivity contribution in [3.8, 4) is 0 Å². The number of rotatable bonds is 6. The fourth-order valence-corrected chi connectivity index (χ4v) is 2.41. The number of benzene rings is 1. The summed E-state index contributed by atoms with van der Waals surface area (Å²) in [5.74, 6) is 0.704. The third kappa shape index (κ3) is 4.36. The second kappa shape index (κ2) is 7.66. The van der Waals surface area contributed by atoms with Gasteiger partial charge in [-0.25, -0.2) is 4.98 Å². The summed E-state index contributed by atoms with van der Waals surface area (Å²) >= 11 is 5.96. The Hall–Kier alpha value is -2.79. The molecule has 3 rings (SSSR count). The third-order valence-corrected chi connectivity index (χ3v) is 3.61. The Morgan fingerprint density at radius 3 is 2.79 bits per heavy atom. The molecule has 0 bridgehead atoms. The molecule has 0 aliphatic carbocycles. The van der Waals surface area contributed by atoms with Crippen LogP contribution in [0.1, 0.15) is 16.1 Å². The Morgan fingerprint density at radius 2 is 2.08 bits per heavy atom. The molecule has 0 saturated heterocycles. The summed E-state index contributed by atoms with van der Waals surface area (Å²) in [5.41, 5.74) is 1.77. The number of carbonyl (C=O) groups excluding carboxylic acids is 1. The average molecular weight is 342 g/mol. The Kier molecular flexibility index (Phi) is 5.13. The molecular formula is C18H16ClN3O2. The van der Waals surface area contributed by atoms with Crippen LogP contribution in [0.4, 0.5) is 11.5 Å². The molecule has 0 unspecified atom stereocenters. The predicted octanol–water partition coefficient (Wildman–Crippen LogP) is 4.23. The van der Waals surface area contributed by atoms with Crippen molar-refractivity contribution in [3.63, 3.8) is 0 Å². The highest BCUT2D eigenvalue weighted by atomic mass is 35.5. The van der Waals surface area contributed by atoms with Crippen molar-refractivity contribution in [1.82, 2.24) is 4.98 Å². The van der Waals surface area contributed by atoms with Crippen LogP contribution in [0.15, 0.2) is 65.4 Å². The van der Waals surface area contributed by atoms with Crippen molar-refractivity contribution < 1.29 is 9.21 Å². The van der Waals surface area contributed by atoms with Crippen molar-refractivity contribution in [2.45, 2.75) is 6.42 Å². The van der Waals surface area contributed by atoms with Gasteiger partial charge in [0.25, 0.3) is 5.91 Å². The molecule has 0 aliphatic heterocycles. The lowest BCUT2D eigenvalue weighted by atomic mass is 10.1. The van der Waals surface area contributed by atoms with E-state index in [2.05, 4.69) is 15.6 Å². The molecule has 0 saturated carbocycles. The number of amides is 1. The van der Waals surface area contributed by atoms with Gasteiger partial charge in [0, 0.05) is 11.6 Å². The third-order valence-electron chi connectivity index (χ3n) is 3.38. The summed E-state index contributed by atoms with van der Waals surface area (Å²) in [5, 5.41) is 6.70. The summed E-state index contributed by atoms with van der Waals surface area (Å²) in [7, 11) is 0. The van der Waals surface area contributed by atoms with Gasteiger partial charge in [0.2, 0.25) is 0 Å². The lowest BCUT2D eigenvalue weighted by molar-refractivity contribution is 0.0996. The number of nitrogens with one attached hydrogen (secondary N) is 2. The molecule has 0 spiro atoms. The zero-order valence-corrected chi connectivity index (χ0v) is 13.6. The van der Waals surface area contributed by atoms with Crippen molar-refractivity contribution in [1.29, 1.82) is 0 Å². The fraction of sp³-hybridized carbons (Fsp3) is 0.111. The summed E-state index contributed by atoms with van der Waals surface area (Å²) in [4.78, 5) is 16.1. The van der Waals surface area contributed by atoms with Crippen LogP contribution >= 0.6 is 11.6 Å². The number of carbonyl (C=O) groups is 1. The van der Waals surface area contributed by atoms with Crippen LogP contribution < -0.4 is 10.6 Å². The van der Waals surface area contributed by atoms with Crippen LogP contribution in [0.5, 0.6) is 0 Å². The smallest absolute Gasteiger partial charge is 0.291 e. The summed E-state index contributed by atoms with van der Waals surface area (Å²) in [6, 6.07) is 14.7. The van der Waals surface area contributed by atoms with E-state index in [1.54, 1.807) is 24.4 Å². The first kappa shape index (κ1) is 16.1. The molecule has 0 atom stereocenters. The van der Waals surface area contributed by atoms with Crippen LogP contribution in [0, 0.1) is 0 Å². The topological polar surface area (TPSA) is 67.2 Å². The van der Waals surface area contributed by atoms with Gasteiger partial charge in [-0.05, 0) is 48.4 Å². The van der Waals surface area contributed by atoms with E-state index in [0.29, 0.717) is 5.69 Å². The van der Waals surface area contributed by atoms with Gasteiger partial charge in [-0.2, -0.15) is 0 Å². The number of hydrogen-bond acceptors (Lipinski definition) is 4. The summed E-state index contributed by atoms with van der Waals surface area (Å²) < 4.78 is 5.04. The average Bonchev–Trinajstić information content (AvgIpc) is 3.11. The Labute approximate surface area is 144 Å². The number of aromatic nitrogens is 1. The molecule has 5 nitrogen and oxygen atoms in total. The Morgan fingerprint density at radius 1 is 1.17 bits per heavy atom. The highest BCUT2D eigenvalue weighted by Crippen LogP contribution is 2.13. The van der Waals surface area contributed by atoms with Crippen molar-refractivity contribution in [3.05, 3.63) is 77.3 Å². The highest BCUT2D eigenvalue weighted by molar-refractivity contribution is 6.30. The van der Waals surface area contributed by atoms with Gasteiger partial charge < -0.3 is 15.1 Å². The molecule has 122 valence electrons. The molecular weight excluding hydrogens is 326 g/mol. The van der Waals surface area contributed by atoms with Crippen molar-refractivity contribution >= 4 is 29.0 Å². The maximum Gasteiger partial charge on any atom is 0.291 e. The van der Waals surface area contributed by atoms with Crippen LogP contribution in [-0.4, -0.2) is 17.4 Å². The van der Waals surface area contributed by atoms with E-state index in [-0.39, 0.29) is 11.7 Å². The quantitative estimate of drug-likeness (QED) is 0.704. The number of halogens is 1. The first-order valence-electron chi connectivity index (χ1n) is 7.50. The number of nitrogens with zero attached hydrogens (tertiary/aromatic N) is 1. The summed E-state index contributed by atoms with van der Waals surface area (Å²) in [6.45, 7) is 0.742. The lowest BCUT2D eigenvalue weighted by Crippen LogP contribution is -2.11. The summed E-state index contributed by atoms with van der Waals surface area (Å²) in [6.07, 6.45) is 3.90. The van der Waals surface area contributed by atoms with Gasteiger partial charge in [-0.3, -0.25) is 4.79 Å². The minimum atomic E-state index is -0.302. The largest absolute Gasteiger partial charge is 0.459 e. The standard InChI is InChI=1S/C18H16ClN3O2/c19-14-4-1-3-13(11-14)8-9-20-17-7-6-15(12-21-17)22-18(23)16-5-2-10-24-16/h1-7,10-12H,8-9H2,(H,20,21)(H,22,23). The second-order valence-corrected chi connectivity index (χ2v) is 5.61. The Bertz CT molecular complexity index is 801. The van der Waals surface area contributed by atoms with Crippen LogP contribution in [0.25, 0.3) is 0 Å². The SMILES string of the molecule is O=C(Nc1ccc(NCCc2cccc(Cl)c2)nc1)c1ccco1. The van der Waals surface area contributed by atoms with Gasteiger partial charge in [0.15, 0.2) is 5.76 Å². The monoisotopic (exact) mass is 341 g/mol. The molecule has 1 aromatic carbocycles. The van der Waals surface area contributed by atoms with Crippen LogP contribution in [-0.2, 0) is 6.42 Å². The predicted molar refractivity (Wildman–Crippen MR) is 94.5 cm³/mol. The first-order valence-corrected chi connectivity index (χ1v) is 7.88. The van der Waals surface area contributed by atoms with Gasteiger partial charge in [0.05, 0.1) is 18.1 Å². The van der Waals surface area contributed by atoms with Crippen molar-refractivity contribution in [2.24, 2.45) is 0 Å². The van der Waals surface area contributed by atoms with E-state index in [0.717, 1.165) is 29.4 Å². The maximum atomic E-state index is 11.9. The van der Waals surface area contributed by atoms with Crippen molar-refractivity contribution in [2.75, 3.05) is 17.2 Å². The molecule has 0 aliphatic rings. The van der Waals surface area contributed by atoms with Gasteiger partial charge in [0.1, 0.15) is 5.82 Å². The van der Waals surface area contributed by atoms with E-state index in [9.17, 15) is 4.79 Å². The minimum Gasteiger partial charge on any atom is -0.459 e. The first-order chi connectivity index (χ1) is 11.7. The van der Waals surface area contributed by atoms with Crippen LogP contribution in [0.2, 0.25) is 5.02 Å². The van der Waals surface area contributed by atoms with Gasteiger partial charge in [-0.1, -0.05) is 23.7 Å². The fourth-order valence-electron chi connectivity index (χ4n) is 2.20. The molecule has 2 heterocycles. The Balaban J connectivity index is 1.50. The van der Waals surface area contributed by atoms with E-state index < -0.39 is 0 Å². The van der Waals surface area contributed by atoms with E-state index >= 15 is 0 Å². The highest BCUT2D eigenvalue weighted by Gasteiger charge is 2.08. The molecule has 2 aromatic heterocycles. The number of hydrogen-bond donors (Lipinski definition) is 2.